The lowest BCUT2D eigenvalue weighted by atomic mass is 10.1. The lowest BCUT2D eigenvalue weighted by Crippen LogP contribution is -2.26. The van der Waals surface area contributed by atoms with Crippen LogP contribution in [0.4, 0.5) is 0 Å². The molecule has 0 aliphatic heterocycles. The molecule has 0 amide bonds. The van der Waals surface area contributed by atoms with E-state index in [2.05, 4.69) is 13.8 Å². The summed E-state index contributed by atoms with van der Waals surface area (Å²) in [4.78, 5) is 0. The van der Waals surface area contributed by atoms with Gasteiger partial charge in [-0.3, -0.25) is 0 Å². The highest BCUT2D eigenvalue weighted by atomic mass is 16.7. The van der Waals surface area contributed by atoms with Crippen molar-refractivity contribution in [2.75, 3.05) is 0 Å². The zero-order valence-corrected chi connectivity index (χ0v) is 9.83. The smallest absolute Gasteiger partial charge is 0.158 e. The summed E-state index contributed by atoms with van der Waals surface area (Å²) in [6, 6.07) is 0. The van der Waals surface area contributed by atoms with Gasteiger partial charge in [0.1, 0.15) is 0 Å². The van der Waals surface area contributed by atoms with E-state index in [9.17, 15) is 0 Å². The van der Waals surface area contributed by atoms with Gasteiger partial charge in [0.25, 0.3) is 0 Å². The largest absolute Gasteiger partial charge is 0.350 e. The molecule has 2 nitrogen and oxygen atoms in total. The first-order chi connectivity index (χ1) is 5.91. The minimum Gasteiger partial charge on any atom is -0.350 e. The Hall–Kier alpha value is -0.0800. The van der Waals surface area contributed by atoms with Crippen molar-refractivity contribution in [3.8, 4) is 0 Å². The first kappa shape index (κ1) is 12.9. The summed E-state index contributed by atoms with van der Waals surface area (Å²) in [6.07, 6.45) is 1.40. The van der Waals surface area contributed by atoms with E-state index in [0.29, 0.717) is 5.92 Å². The third-order valence-corrected chi connectivity index (χ3v) is 1.51. The SMILES string of the molecule is CC(C)CC(OC(C)C)OC(C)C. The molecule has 80 valence electrons. The highest BCUT2D eigenvalue weighted by Gasteiger charge is 2.14. The van der Waals surface area contributed by atoms with Crippen LogP contribution in [0.2, 0.25) is 0 Å². The number of hydrogen-bond acceptors (Lipinski definition) is 2. The van der Waals surface area contributed by atoms with Crippen molar-refractivity contribution in [1.29, 1.82) is 0 Å². The molecule has 0 spiro atoms. The van der Waals surface area contributed by atoms with Crippen LogP contribution in [-0.4, -0.2) is 18.5 Å². The van der Waals surface area contributed by atoms with Crippen LogP contribution in [-0.2, 0) is 9.47 Å². The summed E-state index contributed by atoms with van der Waals surface area (Å²) < 4.78 is 11.3. The first-order valence-corrected chi connectivity index (χ1v) is 5.22. The van der Waals surface area contributed by atoms with Gasteiger partial charge in [-0.25, -0.2) is 0 Å². The van der Waals surface area contributed by atoms with Crippen molar-refractivity contribution in [3.63, 3.8) is 0 Å². The minimum absolute atomic E-state index is 0.0417. The van der Waals surface area contributed by atoms with Crippen LogP contribution in [0.25, 0.3) is 0 Å². The second-order valence-corrected chi connectivity index (χ2v) is 4.43. The Kier molecular flexibility index (Phi) is 6.35. The Labute approximate surface area is 82.6 Å². The Morgan fingerprint density at radius 1 is 0.769 bits per heavy atom. The van der Waals surface area contributed by atoms with E-state index in [4.69, 9.17) is 9.47 Å². The van der Waals surface area contributed by atoms with Gasteiger partial charge in [-0.1, -0.05) is 13.8 Å². The molecule has 0 N–H and O–H groups in total. The standard InChI is InChI=1S/C11H24O2/c1-8(2)7-11(12-9(3)4)13-10(5)6/h8-11H,7H2,1-6H3. The van der Waals surface area contributed by atoms with E-state index in [-0.39, 0.29) is 18.5 Å². The second kappa shape index (κ2) is 6.39. The Morgan fingerprint density at radius 3 is 1.38 bits per heavy atom. The molecular weight excluding hydrogens is 164 g/mol. The molecule has 0 aliphatic rings. The maximum Gasteiger partial charge on any atom is 0.158 e. The fraction of sp³-hybridized carbons (Fsp3) is 1.00. The quantitative estimate of drug-likeness (QED) is 0.596. The molecule has 2 heteroatoms. The molecule has 0 aromatic rings. The van der Waals surface area contributed by atoms with Crippen LogP contribution in [0.1, 0.15) is 48.0 Å². The molecule has 0 unspecified atom stereocenters. The van der Waals surface area contributed by atoms with Crippen LogP contribution in [0.5, 0.6) is 0 Å². The van der Waals surface area contributed by atoms with Gasteiger partial charge in [-0.2, -0.15) is 0 Å². The minimum atomic E-state index is -0.0417. The maximum atomic E-state index is 5.65. The number of ether oxygens (including phenoxy) is 2. The van der Waals surface area contributed by atoms with E-state index in [1.165, 1.54) is 0 Å². The molecule has 0 bridgehead atoms. The normalized spacial score (nSPS) is 12.5. The monoisotopic (exact) mass is 188 g/mol. The van der Waals surface area contributed by atoms with Crippen molar-refractivity contribution in [3.05, 3.63) is 0 Å². The molecule has 0 aromatic carbocycles. The first-order valence-electron chi connectivity index (χ1n) is 5.22. The van der Waals surface area contributed by atoms with Crippen molar-refractivity contribution in [2.45, 2.75) is 66.5 Å². The van der Waals surface area contributed by atoms with Crippen molar-refractivity contribution in [1.82, 2.24) is 0 Å². The Bertz CT molecular complexity index is 95.5. The molecule has 0 aromatic heterocycles. The van der Waals surface area contributed by atoms with Gasteiger partial charge in [0.05, 0.1) is 12.2 Å². The number of rotatable bonds is 6. The van der Waals surface area contributed by atoms with Gasteiger partial charge in [0, 0.05) is 6.42 Å². The van der Waals surface area contributed by atoms with Gasteiger partial charge >= 0.3 is 0 Å². The van der Waals surface area contributed by atoms with Gasteiger partial charge < -0.3 is 9.47 Å². The van der Waals surface area contributed by atoms with Gasteiger partial charge in [0.15, 0.2) is 6.29 Å². The summed E-state index contributed by atoms with van der Waals surface area (Å²) in [5.41, 5.74) is 0. The Balaban J connectivity index is 3.87. The van der Waals surface area contributed by atoms with Crippen molar-refractivity contribution in [2.24, 2.45) is 5.92 Å². The molecule has 0 radical (unpaired) electrons. The topological polar surface area (TPSA) is 18.5 Å². The molecule has 0 atom stereocenters. The van der Waals surface area contributed by atoms with Crippen LogP contribution in [0.15, 0.2) is 0 Å². The fourth-order valence-corrected chi connectivity index (χ4v) is 1.14. The lowest BCUT2D eigenvalue weighted by Gasteiger charge is -2.24. The average Bonchev–Trinajstić information content (AvgIpc) is 1.80. The zero-order valence-electron chi connectivity index (χ0n) is 9.83. The molecule has 0 heterocycles. The van der Waals surface area contributed by atoms with Crippen molar-refractivity contribution >= 4 is 0 Å². The predicted octanol–water partition coefficient (Wildman–Crippen LogP) is 3.21. The molecule has 0 saturated carbocycles. The summed E-state index contributed by atoms with van der Waals surface area (Å²) in [5, 5.41) is 0. The molecule has 0 aliphatic carbocycles. The van der Waals surface area contributed by atoms with Crippen LogP contribution in [0.3, 0.4) is 0 Å². The highest BCUT2D eigenvalue weighted by molar-refractivity contribution is 4.54. The molecule has 13 heavy (non-hydrogen) atoms. The van der Waals surface area contributed by atoms with Crippen molar-refractivity contribution < 1.29 is 9.47 Å². The van der Waals surface area contributed by atoms with E-state index < -0.39 is 0 Å². The third kappa shape index (κ3) is 8.26. The zero-order chi connectivity index (χ0) is 10.4. The summed E-state index contributed by atoms with van der Waals surface area (Å²) >= 11 is 0. The summed E-state index contributed by atoms with van der Waals surface area (Å²) in [6.45, 7) is 12.5. The molecule has 0 rings (SSSR count). The molecule has 0 fully saturated rings. The van der Waals surface area contributed by atoms with Crippen LogP contribution in [0, 0.1) is 5.92 Å². The van der Waals surface area contributed by atoms with Crippen LogP contribution >= 0.6 is 0 Å². The Morgan fingerprint density at radius 2 is 1.15 bits per heavy atom. The summed E-state index contributed by atoms with van der Waals surface area (Å²) in [7, 11) is 0. The maximum absolute atomic E-state index is 5.65. The average molecular weight is 188 g/mol. The van der Waals surface area contributed by atoms with E-state index in [1.54, 1.807) is 0 Å². The second-order valence-electron chi connectivity index (χ2n) is 4.43. The molecule has 0 saturated heterocycles. The van der Waals surface area contributed by atoms with E-state index >= 15 is 0 Å². The van der Waals surface area contributed by atoms with Gasteiger partial charge in [-0.15, -0.1) is 0 Å². The predicted molar refractivity (Wildman–Crippen MR) is 55.7 cm³/mol. The fourth-order valence-electron chi connectivity index (χ4n) is 1.14. The van der Waals surface area contributed by atoms with Gasteiger partial charge in [0.2, 0.25) is 0 Å². The van der Waals surface area contributed by atoms with E-state index in [0.717, 1.165) is 6.42 Å². The van der Waals surface area contributed by atoms with Crippen LogP contribution < -0.4 is 0 Å². The third-order valence-electron chi connectivity index (χ3n) is 1.51. The highest BCUT2D eigenvalue weighted by Crippen LogP contribution is 2.13. The lowest BCUT2D eigenvalue weighted by molar-refractivity contribution is -0.187. The van der Waals surface area contributed by atoms with E-state index in [1.807, 2.05) is 27.7 Å². The molecular formula is C11H24O2. The van der Waals surface area contributed by atoms with Gasteiger partial charge in [-0.05, 0) is 33.6 Å². The number of hydrogen-bond donors (Lipinski definition) is 0. The summed E-state index contributed by atoms with van der Waals surface area (Å²) in [5.74, 6) is 0.613.